The normalized spacial score (nSPS) is 27.0. The van der Waals surface area contributed by atoms with Crippen molar-refractivity contribution in [3.8, 4) is 0 Å². The van der Waals surface area contributed by atoms with E-state index in [-0.39, 0.29) is 18.4 Å². The van der Waals surface area contributed by atoms with Crippen molar-refractivity contribution in [2.24, 2.45) is 11.8 Å². The molecule has 2 aliphatic carbocycles. The first-order valence-electron chi connectivity index (χ1n) is 8.29. The Morgan fingerprint density at radius 1 is 1.29 bits per heavy atom. The molecule has 2 aliphatic rings. The number of alkyl halides is 4. The average molecular weight is 443 g/mol. The third-order valence-electron chi connectivity index (χ3n) is 4.58. The van der Waals surface area contributed by atoms with Crippen molar-refractivity contribution in [2.45, 2.75) is 29.6 Å². The standard InChI is InChI=1S/C17H18ClF3O6S/c1-28(25,26)17(18)10(8-27-9-16(19,20)21)4-2-5-11(17)15(24)14-12(22)6-3-7-13(14)23/h2,4-5,11,14H,3,6-9H2,1H3. The summed E-state index contributed by atoms with van der Waals surface area (Å²) in [7, 11) is -4.27. The molecule has 6 nitrogen and oxygen atoms in total. The second-order valence-corrected chi connectivity index (χ2v) is 9.71. The number of hydrogen-bond donors (Lipinski definition) is 0. The van der Waals surface area contributed by atoms with Crippen LogP contribution in [-0.4, -0.2) is 55.6 Å². The second-order valence-electron chi connectivity index (χ2n) is 6.70. The zero-order chi connectivity index (χ0) is 21.3. The van der Waals surface area contributed by atoms with Crippen molar-refractivity contribution >= 4 is 38.8 Å². The van der Waals surface area contributed by atoms with Crippen molar-refractivity contribution in [1.29, 1.82) is 0 Å². The van der Waals surface area contributed by atoms with Gasteiger partial charge in [0.2, 0.25) is 0 Å². The van der Waals surface area contributed by atoms with Crippen LogP contribution in [0.15, 0.2) is 23.8 Å². The maximum absolute atomic E-state index is 12.9. The molecule has 11 heteroatoms. The van der Waals surface area contributed by atoms with Gasteiger partial charge in [0.15, 0.2) is 31.4 Å². The first-order chi connectivity index (χ1) is 12.8. The minimum atomic E-state index is -4.64. The number of halogens is 4. The predicted octanol–water partition coefficient (Wildman–Crippen LogP) is 2.16. The van der Waals surface area contributed by atoms with Crippen LogP contribution in [0.3, 0.4) is 0 Å². The van der Waals surface area contributed by atoms with Gasteiger partial charge in [-0.05, 0) is 12.0 Å². The summed E-state index contributed by atoms with van der Waals surface area (Å²) in [5.41, 5.74) is -0.280. The Morgan fingerprint density at radius 2 is 1.86 bits per heavy atom. The van der Waals surface area contributed by atoms with E-state index in [0.717, 1.165) is 18.4 Å². The van der Waals surface area contributed by atoms with Crippen LogP contribution < -0.4 is 0 Å². The van der Waals surface area contributed by atoms with Crippen molar-refractivity contribution in [3.63, 3.8) is 0 Å². The molecule has 0 aromatic rings. The van der Waals surface area contributed by atoms with E-state index in [1.54, 1.807) is 0 Å². The van der Waals surface area contributed by atoms with Crippen molar-refractivity contribution < 1.29 is 40.7 Å². The van der Waals surface area contributed by atoms with Gasteiger partial charge < -0.3 is 4.74 Å². The van der Waals surface area contributed by atoms with Gasteiger partial charge in [0.25, 0.3) is 0 Å². The van der Waals surface area contributed by atoms with Crippen LogP contribution in [0, 0.1) is 11.8 Å². The van der Waals surface area contributed by atoms with Gasteiger partial charge in [0, 0.05) is 19.1 Å². The summed E-state index contributed by atoms with van der Waals surface area (Å²) in [5, 5.41) is 0. The lowest BCUT2D eigenvalue weighted by atomic mass is 9.76. The molecule has 0 aromatic heterocycles. The summed E-state index contributed by atoms with van der Waals surface area (Å²) in [6.45, 7) is -2.43. The zero-order valence-electron chi connectivity index (χ0n) is 14.8. The lowest BCUT2D eigenvalue weighted by molar-refractivity contribution is -0.172. The SMILES string of the molecule is CS(=O)(=O)C1(Cl)C(COCC(F)(F)F)=CC=CC1C(=O)C1C(=O)CCCC1=O. The molecule has 0 N–H and O–H groups in total. The number of Topliss-reactive ketones (excluding diaryl/α,β-unsaturated/α-hetero) is 3. The van der Waals surface area contributed by atoms with Gasteiger partial charge in [0.05, 0.1) is 12.5 Å². The zero-order valence-corrected chi connectivity index (χ0v) is 16.4. The van der Waals surface area contributed by atoms with Gasteiger partial charge in [-0.2, -0.15) is 13.2 Å². The molecule has 2 unspecified atom stereocenters. The third kappa shape index (κ3) is 4.55. The predicted molar refractivity (Wildman–Crippen MR) is 93.4 cm³/mol. The molecule has 0 heterocycles. The average Bonchev–Trinajstić information content (AvgIpc) is 2.54. The number of sulfone groups is 1. The van der Waals surface area contributed by atoms with E-state index in [4.69, 9.17) is 11.6 Å². The van der Waals surface area contributed by atoms with Gasteiger partial charge in [-0.25, -0.2) is 8.42 Å². The van der Waals surface area contributed by atoms with Crippen LogP contribution >= 0.6 is 11.6 Å². The molecule has 28 heavy (non-hydrogen) atoms. The minimum Gasteiger partial charge on any atom is -0.368 e. The van der Waals surface area contributed by atoms with Crippen molar-refractivity contribution in [3.05, 3.63) is 23.8 Å². The molecule has 0 aromatic carbocycles. The van der Waals surface area contributed by atoms with E-state index in [0.29, 0.717) is 6.42 Å². The molecular formula is C17H18ClF3O6S. The summed E-state index contributed by atoms with van der Waals surface area (Å²) < 4.78 is 63.9. The number of ether oxygens (including phenoxy) is 1. The van der Waals surface area contributed by atoms with Gasteiger partial charge in [-0.3, -0.25) is 14.4 Å². The number of allylic oxidation sites excluding steroid dienone is 3. The van der Waals surface area contributed by atoms with Gasteiger partial charge in [-0.15, -0.1) is 0 Å². The van der Waals surface area contributed by atoms with E-state index >= 15 is 0 Å². The summed E-state index contributed by atoms with van der Waals surface area (Å²) >= 11 is 6.33. The fraction of sp³-hybridized carbons (Fsp3) is 0.588. The first kappa shape index (κ1) is 22.8. The van der Waals surface area contributed by atoms with Crippen molar-refractivity contribution in [2.75, 3.05) is 19.5 Å². The van der Waals surface area contributed by atoms with Gasteiger partial charge in [0.1, 0.15) is 12.5 Å². The van der Waals surface area contributed by atoms with Crippen LogP contribution in [0.5, 0.6) is 0 Å². The highest BCUT2D eigenvalue weighted by atomic mass is 35.5. The number of carbonyl (C=O) groups is 3. The smallest absolute Gasteiger partial charge is 0.368 e. The Bertz CT molecular complexity index is 829. The Kier molecular flexibility index (Phi) is 6.57. The number of ketones is 3. The Labute approximate surface area is 164 Å². The molecular weight excluding hydrogens is 425 g/mol. The number of hydrogen-bond acceptors (Lipinski definition) is 6. The highest BCUT2D eigenvalue weighted by Gasteiger charge is 2.55. The maximum atomic E-state index is 12.9. The van der Waals surface area contributed by atoms with Gasteiger partial charge >= 0.3 is 6.18 Å². The van der Waals surface area contributed by atoms with Crippen LogP contribution in [0.4, 0.5) is 13.2 Å². The summed E-state index contributed by atoms with van der Waals surface area (Å²) in [5.74, 6) is -5.46. The molecule has 0 amide bonds. The van der Waals surface area contributed by atoms with Crippen LogP contribution in [0.1, 0.15) is 19.3 Å². The van der Waals surface area contributed by atoms with Crippen LogP contribution in [0.2, 0.25) is 0 Å². The Hall–Kier alpha value is -1.52. The molecule has 0 radical (unpaired) electrons. The van der Waals surface area contributed by atoms with E-state index in [2.05, 4.69) is 4.74 Å². The van der Waals surface area contributed by atoms with E-state index in [9.17, 15) is 36.0 Å². The molecule has 156 valence electrons. The lowest BCUT2D eigenvalue weighted by Gasteiger charge is -2.37. The molecule has 0 saturated heterocycles. The topological polar surface area (TPSA) is 94.6 Å². The highest BCUT2D eigenvalue weighted by Crippen LogP contribution is 2.44. The fourth-order valence-electron chi connectivity index (χ4n) is 3.29. The maximum Gasteiger partial charge on any atom is 0.411 e. The summed E-state index contributed by atoms with van der Waals surface area (Å²) in [4.78, 5) is 37.1. The van der Waals surface area contributed by atoms with E-state index < -0.39 is 62.6 Å². The third-order valence-corrected chi connectivity index (χ3v) is 7.50. The molecule has 0 spiro atoms. The summed E-state index contributed by atoms with van der Waals surface area (Å²) in [6, 6.07) is 0. The quantitative estimate of drug-likeness (QED) is 0.462. The molecule has 0 bridgehead atoms. The molecule has 1 saturated carbocycles. The molecule has 2 rings (SSSR count). The molecule has 1 fully saturated rings. The summed E-state index contributed by atoms with van der Waals surface area (Å²) in [6.07, 6.45) is -0.0659. The number of carbonyl (C=O) groups excluding carboxylic acids is 3. The van der Waals surface area contributed by atoms with Crippen LogP contribution in [0.25, 0.3) is 0 Å². The largest absolute Gasteiger partial charge is 0.411 e. The van der Waals surface area contributed by atoms with Crippen LogP contribution in [-0.2, 0) is 29.0 Å². The Morgan fingerprint density at radius 3 is 2.36 bits per heavy atom. The Balaban J connectivity index is 2.38. The monoisotopic (exact) mass is 442 g/mol. The first-order valence-corrected chi connectivity index (χ1v) is 10.6. The fourth-order valence-corrected chi connectivity index (χ4v) is 4.85. The highest BCUT2D eigenvalue weighted by molar-refractivity contribution is 7.93. The van der Waals surface area contributed by atoms with Gasteiger partial charge in [-0.1, -0.05) is 29.8 Å². The van der Waals surface area contributed by atoms with E-state index in [1.807, 2.05) is 0 Å². The van der Waals surface area contributed by atoms with E-state index in [1.165, 1.54) is 6.08 Å². The minimum absolute atomic E-state index is 0.00410. The lowest BCUT2D eigenvalue weighted by Crippen LogP contribution is -2.51. The second kappa shape index (κ2) is 8.08. The van der Waals surface area contributed by atoms with Crippen molar-refractivity contribution in [1.82, 2.24) is 0 Å². The molecule has 0 aliphatic heterocycles. The molecule has 2 atom stereocenters. The number of rotatable bonds is 6.